The molecule has 0 aliphatic carbocycles. The van der Waals surface area contributed by atoms with E-state index in [9.17, 15) is 0 Å². The van der Waals surface area contributed by atoms with Crippen LogP contribution in [0.4, 0.5) is 5.69 Å². The third-order valence-electron chi connectivity index (χ3n) is 5.44. The summed E-state index contributed by atoms with van der Waals surface area (Å²) in [4.78, 5) is 9.51. The van der Waals surface area contributed by atoms with Crippen LogP contribution < -0.4 is 4.74 Å². The first-order valence-corrected chi connectivity index (χ1v) is 9.25. The Morgan fingerprint density at radius 2 is 1.82 bits per heavy atom. The van der Waals surface area contributed by atoms with Crippen molar-refractivity contribution in [3.63, 3.8) is 0 Å². The van der Waals surface area contributed by atoms with Gasteiger partial charge in [-0.15, -0.1) is 0 Å². The second-order valence-electron chi connectivity index (χ2n) is 7.49. The molecule has 3 heterocycles. The van der Waals surface area contributed by atoms with E-state index in [-0.39, 0.29) is 5.41 Å². The number of hydrogen-bond donors (Lipinski definition) is 0. The fraction of sp³-hybridized carbons (Fsp3) is 0.174. The van der Waals surface area contributed by atoms with Gasteiger partial charge in [0.25, 0.3) is 0 Å². The van der Waals surface area contributed by atoms with E-state index in [4.69, 9.17) is 9.73 Å². The molecule has 0 N–H and O–H groups in total. The summed E-state index contributed by atoms with van der Waals surface area (Å²) in [5.74, 6) is 0.827. The molecular weight excluding hydrogens is 348 g/mol. The Morgan fingerprint density at radius 1 is 1.00 bits per heavy atom. The smallest absolute Gasteiger partial charge is 0.119 e. The molecule has 0 atom stereocenters. The number of hydrogen-bond acceptors (Lipinski definition) is 4. The molecular formula is C23H20N4O. The van der Waals surface area contributed by atoms with E-state index in [0.29, 0.717) is 0 Å². The summed E-state index contributed by atoms with van der Waals surface area (Å²) in [6.07, 6.45) is 5.74. The summed E-state index contributed by atoms with van der Waals surface area (Å²) in [5.41, 5.74) is 6.04. The Hall–Kier alpha value is -3.47. The van der Waals surface area contributed by atoms with Crippen molar-refractivity contribution in [2.75, 3.05) is 7.11 Å². The van der Waals surface area contributed by atoms with Crippen LogP contribution >= 0.6 is 0 Å². The van der Waals surface area contributed by atoms with Crippen LogP contribution in [0.25, 0.3) is 16.6 Å². The van der Waals surface area contributed by atoms with Gasteiger partial charge in [-0.1, -0.05) is 19.9 Å². The molecule has 138 valence electrons. The number of aliphatic imine (C=N–C) groups is 1. The molecule has 5 nitrogen and oxygen atoms in total. The Balaban J connectivity index is 1.59. The van der Waals surface area contributed by atoms with Gasteiger partial charge in [0.05, 0.1) is 35.9 Å². The highest BCUT2D eigenvalue weighted by Gasteiger charge is 2.37. The van der Waals surface area contributed by atoms with Gasteiger partial charge in [-0.3, -0.25) is 9.98 Å². The molecule has 0 saturated heterocycles. The maximum Gasteiger partial charge on any atom is 0.119 e. The first-order chi connectivity index (χ1) is 13.6. The zero-order chi connectivity index (χ0) is 19.3. The molecule has 0 unspecified atom stereocenters. The number of pyridine rings is 1. The minimum absolute atomic E-state index is 0.201. The van der Waals surface area contributed by atoms with Crippen LogP contribution in [0.15, 0.2) is 72.1 Å². The van der Waals surface area contributed by atoms with Crippen LogP contribution in [0.5, 0.6) is 5.75 Å². The molecule has 2 aromatic heterocycles. The van der Waals surface area contributed by atoms with Crippen molar-refractivity contribution in [2.45, 2.75) is 19.3 Å². The zero-order valence-electron chi connectivity index (χ0n) is 16.0. The van der Waals surface area contributed by atoms with Gasteiger partial charge in [0.2, 0.25) is 0 Å². The van der Waals surface area contributed by atoms with Crippen molar-refractivity contribution in [1.29, 1.82) is 0 Å². The quantitative estimate of drug-likeness (QED) is 0.520. The van der Waals surface area contributed by atoms with Gasteiger partial charge >= 0.3 is 0 Å². The van der Waals surface area contributed by atoms with E-state index in [1.807, 2.05) is 53.6 Å². The summed E-state index contributed by atoms with van der Waals surface area (Å²) >= 11 is 0. The third-order valence-corrected chi connectivity index (χ3v) is 5.44. The van der Waals surface area contributed by atoms with Crippen molar-refractivity contribution in [1.82, 2.24) is 14.8 Å². The molecule has 0 fully saturated rings. The highest BCUT2D eigenvalue weighted by atomic mass is 16.5. The monoisotopic (exact) mass is 368 g/mol. The fourth-order valence-electron chi connectivity index (χ4n) is 3.89. The number of rotatable bonds is 3. The second-order valence-corrected chi connectivity index (χ2v) is 7.49. The van der Waals surface area contributed by atoms with Gasteiger partial charge in [-0.25, -0.2) is 4.68 Å². The Bertz CT molecular complexity index is 1220. The highest BCUT2D eigenvalue weighted by molar-refractivity contribution is 6.15. The lowest BCUT2D eigenvalue weighted by atomic mass is 9.79. The molecule has 28 heavy (non-hydrogen) atoms. The summed E-state index contributed by atoms with van der Waals surface area (Å²) < 4.78 is 7.11. The SMILES string of the molecule is COc1ccc(-n2cc(C3=Nc4c(ccc5ncccc45)C3(C)C)cn2)cc1. The first kappa shape index (κ1) is 16.7. The largest absolute Gasteiger partial charge is 0.497 e. The molecule has 5 heteroatoms. The normalized spacial score (nSPS) is 14.8. The Morgan fingerprint density at radius 3 is 2.61 bits per heavy atom. The van der Waals surface area contributed by atoms with E-state index in [0.717, 1.165) is 39.3 Å². The van der Waals surface area contributed by atoms with Crippen LogP contribution in [0.1, 0.15) is 25.0 Å². The number of benzene rings is 2. The van der Waals surface area contributed by atoms with Crippen LogP contribution in [-0.4, -0.2) is 27.6 Å². The number of ether oxygens (including phenoxy) is 1. The summed E-state index contributed by atoms with van der Waals surface area (Å²) in [5, 5.41) is 5.65. The summed E-state index contributed by atoms with van der Waals surface area (Å²) in [7, 11) is 1.66. The Labute approximate surface area is 163 Å². The molecule has 1 aliphatic heterocycles. The van der Waals surface area contributed by atoms with Gasteiger partial charge in [-0.2, -0.15) is 5.10 Å². The lowest BCUT2D eigenvalue weighted by Gasteiger charge is -2.21. The molecule has 1 aliphatic rings. The minimum Gasteiger partial charge on any atom is -0.497 e. The lowest BCUT2D eigenvalue weighted by Crippen LogP contribution is -2.26. The molecule has 0 bridgehead atoms. The van der Waals surface area contributed by atoms with E-state index in [2.05, 4.69) is 42.1 Å². The van der Waals surface area contributed by atoms with Crippen LogP contribution in [0.2, 0.25) is 0 Å². The van der Waals surface area contributed by atoms with Gasteiger partial charge in [0, 0.05) is 28.8 Å². The van der Waals surface area contributed by atoms with Crippen molar-refractivity contribution in [3.8, 4) is 11.4 Å². The average molecular weight is 368 g/mol. The first-order valence-electron chi connectivity index (χ1n) is 9.25. The number of methoxy groups -OCH3 is 1. The van der Waals surface area contributed by atoms with E-state index in [1.54, 1.807) is 7.11 Å². The molecule has 0 spiro atoms. The summed E-state index contributed by atoms with van der Waals surface area (Å²) in [6.45, 7) is 4.43. The molecule has 4 aromatic rings. The van der Waals surface area contributed by atoms with E-state index < -0.39 is 0 Å². The van der Waals surface area contributed by atoms with Gasteiger partial charge in [-0.05, 0) is 48.0 Å². The molecule has 0 radical (unpaired) electrons. The van der Waals surface area contributed by atoms with Crippen molar-refractivity contribution >= 4 is 22.3 Å². The molecule has 0 saturated carbocycles. The lowest BCUT2D eigenvalue weighted by molar-refractivity contribution is 0.414. The number of aromatic nitrogens is 3. The molecule has 5 rings (SSSR count). The summed E-state index contributed by atoms with van der Waals surface area (Å²) in [6, 6.07) is 16.1. The van der Waals surface area contributed by atoms with Gasteiger partial charge in [0.1, 0.15) is 5.75 Å². The van der Waals surface area contributed by atoms with Gasteiger partial charge < -0.3 is 4.74 Å². The number of fused-ring (bicyclic) bond motifs is 3. The molecule has 2 aromatic carbocycles. The predicted molar refractivity (Wildman–Crippen MR) is 111 cm³/mol. The second kappa shape index (κ2) is 6.02. The Kier molecular flexibility index (Phi) is 3.59. The van der Waals surface area contributed by atoms with Crippen molar-refractivity contribution < 1.29 is 4.74 Å². The topological polar surface area (TPSA) is 52.3 Å². The maximum atomic E-state index is 5.24. The zero-order valence-corrected chi connectivity index (χ0v) is 16.0. The average Bonchev–Trinajstić information content (AvgIpc) is 3.30. The van der Waals surface area contributed by atoms with E-state index >= 15 is 0 Å². The van der Waals surface area contributed by atoms with Crippen LogP contribution in [0, 0.1) is 0 Å². The predicted octanol–water partition coefficient (Wildman–Crippen LogP) is 4.84. The number of nitrogens with zero attached hydrogens (tertiary/aromatic N) is 4. The highest BCUT2D eigenvalue weighted by Crippen LogP contribution is 2.45. The third kappa shape index (κ3) is 2.43. The maximum absolute atomic E-state index is 5.24. The van der Waals surface area contributed by atoms with Crippen molar-refractivity contribution in [2.24, 2.45) is 4.99 Å². The fourth-order valence-corrected chi connectivity index (χ4v) is 3.89. The van der Waals surface area contributed by atoms with Crippen LogP contribution in [-0.2, 0) is 5.41 Å². The molecule has 0 amide bonds. The van der Waals surface area contributed by atoms with Crippen molar-refractivity contribution in [3.05, 3.63) is 78.2 Å². The van der Waals surface area contributed by atoms with Crippen LogP contribution in [0.3, 0.4) is 0 Å². The standard InChI is InChI=1S/C23H20N4O/c1-23(2)19-10-11-20-18(5-4-12-24-20)21(19)26-22(23)15-13-25-27(14-15)16-6-8-17(28-3)9-7-16/h4-14H,1-3H3. The van der Waals surface area contributed by atoms with Gasteiger partial charge in [0.15, 0.2) is 0 Å². The van der Waals surface area contributed by atoms with E-state index in [1.165, 1.54) is 5.56 Å². The minimum atomic E-state index is -0.201.